The maximum atomic E-state index is 5.66. The topological polar surface area (TPSA) is 45.6 Å². The van der Waals surface area contributed by atoms with Crippen molar-refractivity contribution in [1.82, 2.24) is 10.6 Å². The average molecular weight is 321 g/mol. The smallest absolute Gasteiger partial charge is 0.191 e. The lowest BCUT2D eigenvalue weighted by atomic mass is 10.1. The van der Waals surface area contributed by atoms with Gasteiger partial charge >= 0.3 is 0 Å². The third kappa shape index (κ3) is 5.44. The molecule has 0 aromatic heterocycles. The summed E-state index contributed by atoms with van der Waals surface area (Å²) in [5, 5.41) is 7.54. The Balaban J connectivity index is 1.74. The molecule has 1 fully saturated rings. The van der Waals surface area contributed by atoms with E-state index in [1.54, 1.807) is 0 Å². The number of para-hydroxylation sites is 1. The first-order valence-corrected chi connectivity index (χ1v) is 9.15. The van der Waals surface area contributed by atoms with E-state index in [4.69, 9.17) is 4.74 Å². The SMILES string of the molecule is CCOc1ccccc1CCNC(=NC)NCC1CCCS1. The van der Waals surface area contributed by atoms with Crippen LogP contribution in [0.3, 0.4) is 0 Å². The molecule has 4 nitrogen and oxygen atoms in total. The minimum Gasteiger partial charge on any atom is -0.494 e. The van der Waals surface area contributed by atoms with Crippen molar-refractivity contribution >= 4 is 17.7 Å². The van der Waals surface area contributed by atoms with E-state index in [-0.39, 0.29) is 0 Å². The molecule has 1 aliphatic heterocycles. The molecule has 22 heavy (non-hydrogen) atoms. The van der Waals surface area contributed by atoms with Gasteiger partial charge in [-0.1, -0.05) is 18.2 Å². The standard InChI is InChI=1S/C17H27N3OS/c1-3-21-16-9-5-4-7-14(16)10-11-19-17(18-2)20-13-15-8-6-12-22-15/h4-5,7,9,15H,3,6,8,10-13H2,1-2H3,(H2,18,19,20). The summed E-state index contributed by atoms with van der Waals surface area (Å²) in [6, 6.07) is 8.23. The van der Waals surface area contributed by atoms with E-state index in [1.165, 1.54) is 24.2 Å². The second-order valence-electron chi connectivity index (χ2n) is 5.31. The molecule has 0 saturated carbocycles. The molecule has 0 radical (unpaired) electrons. The Labute approximate surface area is 138 Å². The number of benzene rings is 1. The minimum atomic E-state index is 0.701. The zero-order chi connectivity index (χ0) is 15.6. The number of nitrogens with zero attached hydrogens (tertiary/aromatic N) is 1. The van der Waals surface area contributed by atoms with Gasteiger partial charge in [0.25, 0.3) is 0 Å². The maximum Gasteiger partial charge on any atom is 0.191 e. The highest BCUT2D eigenvalue weighted by molar-refractivity contribution is 8.00. The molecule has 1 aromatic rings. The lowest BCUT2D eigenvalue weighted by Gasteiger charge is -2.15. The lowest BCUT2D eigenvalue weighted by molar-refractivity contribution is 0.336. The van der Waals surface area contributed by atoms with E-state index in [1.807, 2.05) is 26.1 Å². The van der Waals surface area contributed by atoms with Gasteiger partial charge in [0.05, 0.1) is 6.61 Å². The number of aliphatic imine (C=N–C) groups is 1. The molecule has 1 saturated heterocycles. The molecule has 0 aliphatic carbocycles. The molecule has 1 atom stereocenters. The van der Waals surface area contributed by atoms with Crippen molar-refractivity contribution in [1.29, 1.82) is 0 Å². The second-order valence-corrected chi connectivity index (χ2v) is 6.71. The van der Waals surface area contributed by atoms with Gasteiger partial charge in [-0.3, -0.25) is 4.99 Å². The Morgan fingerprint density at radius 1 is 1.36 bits per heavy atom. The van der Waals surface area contributed by atoms with E-state index < -0.39 is 0 Å². The number of ether oxygens (including phenoxy) is 1. The van der Waals surface area contributed by atoms with E-state index in [2.05, 4.69) is 39.5 Å². The van der Waals surface area contributed by atoms with Gasteiger partial charge in [-0.25, -0.2) is 0 Å². The van der Waals surface area contributed by atoms with Crippen molar-refractivity contribution in [3.63, 3.8) is 0 Å². The van der Waals surface area contributed by atoms with Gasteiger partial charge in [-0.05, 0) is 43.6 Å². The van der Waals surface area contributed by atoms with Crippen molar-refractivity contribution in [2.75, 3.05) is 32.5 Å². The molecule has 1 heterocycles. The zero-order valence-corrected chi connectivity index (χ0v) is 14.4. The van der Waals surface area contributed by atoms with Gasteiger partial charge in [0.1, 0.15) is 5.75 Å². The molecule has 0 spiro atoms. The van der Waals surface area contributed by atoms with Crippen LogP contribution in [0.2, 0.25) is 0 Å². The highest BCUT2D eigenvalue weighted by Gasteiger charge is 2.15. The molecule has 122 valence electrons. The summed E-state index contributed by atoms with van der Waals surface area (Å²) in [4.78, 5) is 4.29. The molecule has 2 N–H and O–H groups in total. The Hall–Kier alpha value is -1.36. The summed E-state index contributed by atoms with van der Waals surface area (Å²) in [6.07, 6.45) is 3.59. The van der Waals surface area contributed by atoms with Gasteiger partial charge in [-0.2, -0.15) is 11.8 Å². The molecule has 5 heteroatoms. The monoisotopic (exact) mass is 321 g/mol. The fourth-order valence-electron chi connectivity index (χ4n) is 2.56. The van der Waals surface area contributed by atoms with E-state index >= 15 is 0 Å². The van der Waals surface area contributed by atoms with Crippen LogP contribution in [0, 0.1) is 0 Å². The predicted octanol–water partition coefficient (Wildman–Crippen LogP) is 2.69. The first-order valence-electron chi connectivity index (χ1n) is 8.10. The zero-order valence-electron chi connectivity index (χ0n) is 13.6. The third-order valence-corrected chi connectivity index (χ3v) is 5.10. The van der Waals surface area contributed by atoms with Crippen molar-refractivity contribution in [3.05, 3.63) is 29.8 Å². The Morgan fingerprint density at radius 3 is 2.95 bits per heavy atom. The molecule has 1 aromatic carbocycles. The fourth-order valence-corrected chi connectivity index (χ4v) is 3.76. The van der Waals surface area contributed by atoms with Gasteiger partial charge in [0, 0.05) is 25.4 Å². The number of hydrogen-bond donors (Lipinski definition) is 2. The van der Waals surface area contributed by atoms with Crippen molar-refractivity contribution < 1.29 is 4.74 Å². The van der Waals surface area contributed by atoms with Crippen LogP contribution in [0.4, 0.5) is 0 Å². The Morgan fingerprint density at radius 2 is 2.23 bits per heavy atom. The normalized spacial score (nSPS) is 18.3. The highest BCUT2D eigenvalue weighted by atomic mass is 32.2. The van der Waals surface area contributed by atoms with Crippen molar-refractivity contribution in [3.8, 4) is 5.75 Å². The van der Waals surface area contributed by atoms with Crippen LogP contribution in [-0.4, -0.2) is 43.7 Å². The first kappa shape index (κ1) is 17.0. The predicted molar refractivity (Wildman–Crippen MR) is 96.2 cm³/mol. The second kappa shape index (κ2) is 9.62. The lowest BCUT2D eigenvalue weighted by Crippen LogP contribution is -2.40. The van der Waals surface area contributed by atoms with Crippen molar-refractivity contribution in [2.24, 2.45) is 4.99 Å². The maximum absolute atomic E-state index is 5.66. The van der Waals surface area contributed by atoms with Gasteiger partial charge in [-0.15, -0.1) is 0 Å². The number of hydrogen-bond acceptors (Lipinski definition) is 3. The quantitative estimate of drug-likeness (QED) is 0.599. The van der Waals surface area contributed by atoms with E-state index in [0.29, 0.717) is 6.61 Å². The van der Waals surface area contributed by atoms with Crippen LogP contribution in [0.15, 0.2) is 29.3 Å². The molecule has 0 amide bonds. The van der Waals surface area contributed by atoms with Crippen LogP contribution in [0.5, 0.6) is 5.75 Å². The molecule has 1 unspecified atom stereocenters. The minimum absolute atomic E-state index is 0.701. The van der Waals surface area contributed by atoms with Gasteiger partial charge in [0.15, 0.2) is 5.96 Å². The summed E-state index contributed by atoms with van der Waals surface area (Å²) >= 11 is 2.06. The highest BCUT2D eigenvalue weighted by Crippen LogP contribution is 2.25. The Kier molecular flexibility index (Phi) is 7.43. The molecule has 1 aliphatic rings. The van der Waals surface area contributed by atoms with Crippen LogP contribution in [-0.2, 0) is 6.42 Å². The van der Waals surface area contributed by atoms with Crippen LogP contribution >= 0.6 is 11.8 Å². The van der Waals surface area contributed by atoms with E-state index in [0.717, 1.165) is 36.5 Å². The summed E-state index contributed by atoms with van der Waals surface area (Å²) in [5.41, 5.74) is 1.23. The molecular formula is C17H27N3OS. The van der Waals surface area contributed by atoms with Gasteiger partial charge in [0.2, 0.25) is 0 Å². The number of guanidine groups is 1. The fraction of sp³-hybridized carbons (Fsp3) is 0.588. The number of thioether (sulfide) groups is 1. The van der Waals surface area contributed by atoms with Crippen LogP contribution < -0.4 is 15.4 Å². The summed E-state index contributed by atoms with van der Waals surface area (Å²) in [6.45, 7) is 4.57. The summed E-state index contributed by atoms with van der Waals surface area (Å²) in [5.74, 6) is 3.17. The Bertz CT molecular complexity index is 473. The van der Waals surface area contributed by atoms with Crippen LogP contribution in [0.25, 0.3) is 0 Å². The third-order valence-electron chi connectivity index (χ3n) is 3.70. The first-order chi connectivity index (χ1) is 10.8. The van der Waals surface area contributed by atoms with Crippen molar-refractivity contribution in [2.45, 2.75) is 31.4 Å². The van der Waals surface area contributed by atoms with Gasteiger partial charge < -0.3 is 15.4 Å². The van der Waals surface area contributed by atoms with Crippen LogP contribution in [0.1, 0.15) is 25.3 Å². The summed E-state index contributed by atoms with van der Waals surface area (Å²) < 4.78 is 5.66. The number of rotatable bonds is 7. The average Bonchev–Trinajstić information content (AvgIpc) is 3.06. The summed E-state index contributed by atoms with van der Waals surface area (Å²) in [7, 11) is 1.82. The largest absolute Gasteiger partial charge is 0.494 e. The van der Waals surface area contributed by atoms with E-state index in [9.17, 15) is 0 Å². The molecule has 2 rings (SSSR count). The molecule has 0 bridgehead atoms. The number of nitrogens with one attached hydrogen (secondary N) is 2. The molecular weight excluding hydrogens is 294 g/mol.